The van der Waals surface area contributed by atoms with Gasteiger partial charge in [-0.15, -0.1) is 0 Å². The third kappa shape index (κ3) is 4.62. The maximum absolute atomic E-state index is 12.6. The number of carbonyl (C=O) groups excluding carboxylic acids is 2. The number of aryl methyl sites for hydroxylation is 2. The van der Waals surface area contributed by atoms with E-state index in [1.165, 1.54) is 25.3 Å². The third-order valence-electron chi connectivity index (χ3n) is 4.49. The molecule has 2 amide bonds. The number of ether oxygens (including phenoxy) is 2. The summed E-state index contributed by atoms with van der Waals surface area (Å²) in [5.74, 6) is 0.380. The highest BCUT2D eigenvalue weighted by Gasteiger charge is 2.35. The van der Waals surface area contributed by atoms with Crippen LogP contribution < -0.4 is 9.47 Å². The SMILES string of the molecule is COc1ccc(/C=C2\SC(=O)N(CCOc3cc(C)ccc3C)C2=O)cc1[N+](=O)[O-]. The van der Waals surface area contributed by atoms with Gasteiger partial charge in [-0.05, 0) is 60.5 Å². The Morgan fingerprint density at radius 1 is 1.13 bits per heavy atom. The van der Waals surface area contributed by atoms with Gasteiger partial charge in [0.2, 0.25) is 0 Å². The van der Waals surface area contributed by atoms with Gasteiger partial charge in [0.05, 0.1) is 23.5 Å². The molecule has 3 rings (SSSR count). The highest BCUT2D eigenvalue weighted by atomic mass is 32.2. The molecule has 0 radical (unpaired) electrons. The molecular weight excluding hydrogens is 408 g/mol. The second kappa shape index (κ2) is 9.00. The summed E-state index contributed by atoms with van der Waals surface area (Å²) < 4.78 is 10.7. The Morgan fingerprint density at radius 2 is 1.90 bits per heavy atom. The van der Waals surface area contributed by atoms with Crippen molar-refractivity contribution in [2.24, 2.45) is 0 Å². The molecule has 1 heterocycles. The van der Waals surface area contributed by atoms with Crippen molar-refractivity contribution in [1.82, 2.24) is 4.90 Å². The fourth-order valence-electron chi connectivity index (χ4n) is 2.89. The summed E-state index contributed by atoms with van der Waals surface area (Å²) in [4.78, 5) is 36.8. The van der Waals surface area contributed by atoms with Gasteiger partial charge in [-0.2, -0.15) is 0 Å². The van der Waals surface area contributed by atoms with Crippen molar-refractivity contribution in [1.29, 1.82) is 0 Å². The Hall–Kier alpha value is -3.33. The smallest absolute Gasteiger partial charge is 0.311 e. The molecule has 0 spiro atoms. The highest BCUT2D eigenvalue weighted by Crippen LogP contribution is 2.34. The fraction of sp³-hybridized carbons (Fsp3) is 0.238. The largest absolute Gasteiger partial charge is 0.491 e. The van der Waals surface area contributed by atoms with E-state index in [0.717, 1.165) is 27.8 Å². The predicted molar refractivity (Wildman–Crippen MR) is 114 cm³/mol. The number of methoxy groups -OCH3 is 1. The minimum atomic E-state index is -0.563. The monoisotopic (exact) mass is 428 g/mol. The Kier molecular flexibility index (Phi) is 6.41. The van der Waals surface area contributed by atoms with Crippen LogP contribution in [-0.4, -0.2) is 41.2 Å². The molecule has 1 fully saturated rings. The van der Waals surface area contributed by atoms with Gasteiger partial charge in [-0.3, -0.25) is 24.6 Å². The summed E-state index contributed by atoms with van der Waals surface area (Å²) >= 11 is 0.795. The topological polar surface area (TPSA) is 99.0 Å². The summed E-state index contributed by atoms with van der Waals surface area (Å²) in [6, 6.07) is 10.2. The van der Waals surface area contributed by atoms with Crippen molar-refractivity contribution in [2.45, 2.75) is 13.8 Å². The average Bonchev–Trinajstić information content (AvgIpc) is 2.97. The number of nitrogens with zero attached hydrogens (tertiary/aromatic N) is 2. The first-order valence-corrected chi connectivity index (χ1v) is 9.89. The lowest BCUT2D eigenvalue weighted by Gasteiger charge is -2.14. The van der Waals surface area contributed by atoms with E-state index >= 15 is 0 Å². The third-order valence-corrected chi connectivity index (χ3v) is 5.39. The van der Waals surface area contributed by atoms with Gasteiger partial charge in [-0.25, -0.2) is 0 Å². The minimum absolute atomic E-state index is 0.109. The van der Waals surface area contributed by atoms with Crippen LogP contribution in [0, 0.1) is 24.0 Å². The molecule has 1 aliphatic rings. The Labute approximate surface area is 177 Å². The molecule has 156 valence electrons. The second-order valence-corrected chi connectivity index (χ2v) is 7.63. The molecule has 0 bridgehead atoms. The molecule has 0 aromatic heterocycles. The number of hydrogen-bond donors (Lipinski definition) is 0. The molecule has 30 heavy (non-hydrogen) atoms. The van der Waals surface area contributed by atoms with Crippen molar-refractivity contribution < 1.29 is 24.0 Å². The lowest BCUT2D eigenvalue weighted by molar-refractivity contribution is -0.385. The van der Waals surface area contributed by atoms with E-state index in [1.54, 1.807) is 6.07 Å². The Morgan fingerprint density at radius 3 is 2.60 bits per heavy atom. The highest BCUT2D eigenvalue weighted by molar-refractivity contribution is 8.18. The van der Waals surface area contributed by atoms with Gasteiger partial charge < -0.3 is 9.47 Å². The van der Waals surface area contributed by atoms with Crippen LogP contribution in [0.4, 0.5) is 10.5 Å². The number of nitro benzene ring substituents is 1. The van der Waals surface area contributed by atoms with Crippen LogP contribution in [0.2, 0.25) is 0 Å². The van der Waals surface area contributed by atoms with Crippen molar-refractivity contribution in [3.63, 3.8) is 0 Å². The quantitative estimate of drug-likeness (QED) is 0.367. The van der Waals surface area contributed by atoms with Crippen LogP contribution >= 0.6 is 11.8 Å². The minimum Gasteiger partial charge on any atom is -0.491 e. The van der Waals surface area contributed by atoms with E-state index < -0.39 is 16.1 Å². The molecule has 1 aliphatic heterocycles. The molecule has 8 nitrogen and oxygen atoms in total. The van der Waals surface area contributed by atoms with Crippen molar-refractivity contribution in [3.8, 4) is 11.5 Å². The molecule has 0 saturated carbocycles. The van der Waals surface area contributed by atoms with Gasteiger partial charge in [0.15, 0.2) is 5.75 Å². The Balaban J connectivity index is 1.70. The first kappa shape index (κ1) is 21.4. The van der Waals surface area contributed by atoms with E-state index in [1.807, 2.05) is 32.0 Å². The number of rotatable bonds is 7. The first-order valence-electron chi connectivity index (χ1n) is 9.08. The maximum atomic E-state index is 12.6. The molecule has 0 unspecified atom stereocenters. The average molecular weight is 428 g/mol. The number of benzene rings is 2. The number of thioether (sulfide) groups is 1. The Bertz CT molecular complexity index is 1050. The summed E-state index contributed by atoms with van der Waals surface area (Å²) in [6.07, 6.45) is 1.46. The van der Waals surface area contributed by atoms with Gasteiger partial charge >= 0.3 is 5.69 Å². The zero-order chi connectivity index (χ0) is 21.8. The molecule has 9 heteroatoms. The summed E-state index contributed by atoms with van der Waals surface area (Å²) in [6.45, 7) is 4.16. The normalized spacial score (nSPS) is 15.0. The standard InChI is InChI=1S/C21H20N2O6S/c1-13-4-5-14(2)18(10-13)29-9-8-22-20(24)19(30-21(22)25)12-15-6-7-17(28-3)16(11-15)23(26)27/h4-7,10-12H,8-9H2,1-3H3/b19-12-. The number of imide groups is 1. The number of hydrogen-bond acceptors (Lipinski definition) is 7. The summed E-state index contributed by atoms with van der Waals surface area (Å²) in [7, 11) is 1.34. The fourth-order valence-corrected chi connectivity index (χ4v) is 3.76. The first-order chi connectivity index (χ1) is 14.3. The molecular formula is C21H20N2O6S. The van der Waals surface area contributed by atoms with E-state index in [0.29, 0.717) is 11.3 Å². The molecule has 0 aliphatic carbocycles. The molecule has 2 aromatic rings. The van der Waals surface area contributed by atoms with Crippen molar-refractivity contribution >= 4 is 34.7 Å². The lowest BCUT2D eigenvalue weighted by Crippen LogP contribution is -2.32. The number of amides is 2. The number of carbonyl (C=O) groups is 2. The molecule has 0 atom stereocenters. The van der Waals surface area contributed by atoms with E-state index in [2.05, 4.69) is 0 Å². The molecule has 1 saturated heterocycles. The predicted octanol–water partition coefficient (Wildman–Crippen LogP) is 4.34. The summed E-state index contributed by atoms with van der Waals surface area (Å²) in [5, 5.41) is 10.8. The van der Waals surface area contributed by atoms with Gasteiger partial charge in [0, 0.05) is 6.07 Å². The summed E-state index contributed by atoms with van der Waals surface area (Å²) in [5.41, 5.74) is 2.24. The lowest BCUT2D eigenvalue weighted by atomic mass is 10.1. The van der Waals surface area contributed by atoms with Crippen LogP contribution in [0.1, 0.15) is 16.7 Å². The van der Waals surface area contributed by atoms with E-state index in [-0.39, 0.29) is 29.5 Å². The van der Waals surface area contributed by atoms with Crippen LogP contribution in [0.5, 0.6) is 11.5 Å². The van der Waals surface area contributed by atoms with Crippen LogP contribution in [0.25, 0.3) is 6.08 Å². The van der Waals surface area contributed by atoms with Crippen LogP contribution in [-0.2, 0) is 4.79 Å². The van der Waals surface area contributed by atoms with Crippen molar-refractivity contribution in [2.75, 3.05) is 20.3 Å². The second-order valence-electron chi connectivity index (χ2n) is 6.64. The van der Waals surface area contributed by atoms with Crippen LogP contribution in [0.3, 0.4) is 0 Å². The van der Waals surface area contributed by atoms with Crippen molar-refractivity contribution in [3.05, 3.63) is 68.1 Å². The van der Waals surface area contributed by atoms with Crippen LogP contribution in [0.15, 0.2) is 41.3 Å². The van der Waals surface area contributed by atoms with Gasteiger partial charge in [0.25, 0.3) is 11.1 Å². The zero-order valence-corrected chi connectivity index (χ0v) is 17.5. The number of nitro groups is 1. The van der Waals surface area contributed by atoms with E-state index in [4.69, 9.17) is 9.47 Å². The zero-order valence-electron chi connectivity index (χ0n) is 16.7. The van der Waals surface area contributed by atoms with Gasteiger partial charge in [-0.1, -0.05) is 18.2 Å². The molecule has 0 N–H and O–H groups in total. The molecule has 2 aromatic carbocycles. The van der Waals surface area contributed by atoms with E-state index in [9.17, 15) is 19.7 Å². The van der Waals surface area contributed by atoms with Gasteiger partial charge in [0.1, 0.15) is 12.4 Å². The maximum Gasteiger partial charge on any atom is 0.311 e.